The first-order valence-corrected chi connectivity index (χ1v) is 8.66. The SMILES string of the molecule is CC(C)c1ccc(Cn2nnc(C=O)c2C2CCCCC2)cc1. The fourth-order valence-electron chi connectivity index (χ4n) is 3.51. The van der Waals surface area contributed by atoms with Crippen LogP contribution < -0.4 is 0 Å². The van der Waals surface area contributed by atoms with Crippen LogP contribution in [0.1, 0.15) is 85.1 Å². The first kappa shape index (κ1) is 15.9. The molecule has 1 aliphatic rings. The van der Waals surface area contributed by atoms with Gasteiger partial charge in [-0.2, -0.15) is 0 Å². The highest BCUT2D eigenvalue weighted by Crippen LogP contribution is 2.33. The van der Waals surface area contributed by atoms with E-state index in [9.17, 15) is 4.79 Å². The summed E-state index contributed by atoms with van der Waals surface area (Å²) in [6.45, 7) is 5.08. The average molecular weight is 311 g/mol. The van der Waals surface area contributed by atoms with Crippen molar-refractivity contribution >= 4 is 6.29 Å². The summed E-state index contributed by atoms with van der Waals surface area (Å²) >= 11 is 0. The Morgan fingerprint density at radius 2 is 1.87 bits per heavy atom. The summed E-state index contributed by atoms with van der Waals surface area (Å²) in [6, 6.07) is 8.67. The molecule has 4 heteroatoms. The van der Waals surface area contributed by atoms with Crippen molar-refractivity contribution in [2.45, 2.75) is 64.3 Å². The predicted octanol–water partition coefficient (Wildman–Crippen LogP) is 4.31. The Labute approximate surface area is 137 Å². The molecule has 3 rings (SSSR count). The highest BCUT2D eigenvalue weighted by Gasteiger charge is 2.24. The van der Waals surface area contributed by atoms with Crippen LogP contribution in [-0.2, 0) is 6.54 Å². The van der Waals surface area contributed by atoms with Crippen molar-refractivity contribution in [3.63, 3.8) is 0 Å². The minimum atomic E-state index is 0.425. The van der Waals surface area contributed by atoms with Crippen LogP contribution in [0.15, 0.2) is 24.3 Å². The van der Waals surface area contributed by atoms with Crippen LogP contribution in [0.2, 0.25) is 0 Å². The van der Waals surface area contributed by atoms with E-state index in [-0.39, 0.29) is 0 Å². The zero-order valence-electron chi connectivity index (χ0n) is 14.0. The molecule has 0 saturated heterocycles. The van der Waals surface area contributed by atoms with Gasteiger partial charge in [0, 0.05) is 5.92 Å². The minimum Gasteiger partial charge on any atom is -0.296 e. The summed E-state index contributed by atoms with van der Waals surface area (Å²) in [5, 5.41) is 8.35. The zero-order valence-corrected chi connectivity index (χ0v) is 14.0. The molecule has 1 aromatic heterocycles. The highest BCUT2D eigenvalue weighted by atomic mass is 16.1. The van der Waals surface area contributed by atoms with Crippen molar-refractivity contribution in [1.29, 1.82) is 0 Å². The van der Waals surface area contributed by atoms with Gasteiger partial charge in [-0.15, -0.1) is 5.10 Å². The maximum atomic E-state index is 11.3. The van der Waals surface area contributed by atoms with E-state index in [2.05, 4.69) is 48.4 Å². The molecule has 2 aromatic rings. The quantitative estimate of drug-likeness (QED) is 0.773. The molecule has 1 heterocycles. The Morgan fingerprint density at radius 3 is 2.48 bits per heavy atom. The first-order chi connectivity index (χ1) is 11.2. The number of carbonyl (C=O) groups is 1. The number of carbonyl (C=O) groups excluding carboxylic acids is 1. The van der Waals surface area contributed by atoms with Crippen molar-refractivity contribution in [2.24, 2.45) is 0 Å². The molecular weight excluding hydrogens is 286 g/mol. The molecule has 23 heavy (non-hydrogen) atoms. The van der Waals surface area contributed by atoms with E-state index >= 15 is 0 Å². The number of nitrogens with zero attached hydrogens (tertiary/aromatic N) is 3. The summed E-state index contributed by atoms with van der Waals surface area (Å²) in [4.78, 5) is 11.3. The second-order valence-electron chi connectivity index (χ2n) is 6.87. The molecule has 0 aliphatic heterocycles. The van der Waals surface area contributed by atoms with Crippen LogP contribution >= 0.6 is 0 Å². The molecule has 0 atom stereocenters. The number of hydrogen-bond donors (Lipinski definition) is 0. The molecule has 1 fully saturated rings. The lowest BCUT2D eigenvalue weighted by atomic mass is 9.86. The van der Waals surface area contributed by atoms with E-state index in [0.29, 0.717) is 24.1 Å². The van der Waals surface area contributed by atoms with Gasteiger partial charge in [-0.1, -0.05) is 62.6 Å². The van der Waals surface area contributed by atoms with Gasteiger partial charge >= 0.3 is 0 Å². The lowest BCUT2D eigenvalue weighted by molar-refractivity contribution is 0.111. The Balaban J connectivity index is 1.84. The standard InChI is InChI=1S/C19H25N3O/c1-14(2)16-10-8-15(9-11-16)12-22-19(18(13-23)20-21-22)17-6-4-3-5-7-17/h8-11,13-14,17H,3-7,12H2,1-2H3. The van der Waals surface area contributed by atoms with Crippen molar-refractivity contribution in [3.05, 3.63) is 46.8 Å². The third-order valence-electron chi connectivity index (χ3n) is 4.88. The number of rotatable bonds is 5. The summed E-state index contributed by atoms with van der Waals surface area (Å²) in [5.74, 6) is 0.962. The van der Waals surface area contributed by atoms with Crippen LogP contribution in [0, 0.1) is 0 Å². The Kier molecular flexibility index (Phi) is 4.89. The fourth-order valence-corrected chi connectivity index (χ4v) is 3.51. The maximum absolute atomic E-state index is 11.3. The number of hydrogen-bond acceptors (Lipinski definition) is 3. The van der Waals surface area contributed by atoms with Gasteiger partial charge < -0.3 is 0 Å². The molecule has 122 valence electrons. The molecule has 4 nitrogen and oxygen atoms in total. The molecule has 1 aromatic carbocycles. The molecule has 0 unspecified atom stereocenters. The molecule has 0 N–H and O–H groups in total. The van der Waals surface area contributed by atoms with Gasteiger partial charge in [-0.05, 0) is 29.9 Å². The highest BCUT2D eigenvalue weighted by molar-refractivity contribution is 5.73. The summed E-state index contributed by atoms with van der Waals surface area (Å²) in [7, 11) is 0. The second-order valence-corrected chi connectivity index (χ2v) is 6.87. The van der Waals surface area contributed by atoms with E-state index < -0.39 is 0 Å². The lowest BCUT2D eigenvalue weighted by Gasteiger charge is -2.22. The first-order valence-electron chi connectivity index (χ1n) is 8.66. The van der Waals surface area contributed by atoms with E-state index in [1.54, 1.807) is 0 Å². The minimum absolute atomic E-state index is 0.425. The van der Waals surface area contributed by atoms with Crippen molar-refractivity contribution in [2.75, 3.05) is 0 Å². The van der Waals surface area contributed by atoms with Gasteiger partial charge in [0.1, 0.15) is 5.69 Å². The average Bonchev–Trinajstić information content (AvgIpc) is 2.99. The topological polar surface area (TPSA) is 47.8 Å². The number of aldehydes is 1. The van der Waals surface area contributed by atoms with Crippen LogP contribution in [0.4, 0.5) is 0 Å². The smallest absolute Gasteiger partial charge is 0.172 e. The van der Waals surface area contributed by atoms with Gasteiger partial charge in [-0.25, -0.2) is 4.68 Å². The number of aromatic nitrogens is 3. The largest absolute Gasteiger partial charge is 0.296 e. The summed E-state index contributed by atoms with van der Waals surface area (Å²) in [6.07, 6.45) is 6.90. The van der Waals surface area contributed by atoms with Crippen LogP contribution in [0.5, 0.6) is 0 Å². The third kappa shape index (κ3) is 3.52. The van der Waals surface area contributed by atoms with Gasteiger partial charge in [0.2, 0.25) is 0 Å². The molecular formula is C19H25N3O. The Hall–Kier alpha value is -1.97. The third-order valence-corrected chi connectivity index (χ3v) is 4.88. The molecule has 0 amide bonds. The predicted molar refractivity (Wildman–Crippen MR) is 90.9 cm³/mol. The van der Waals surface area contributed by atoms with Crippen LogP contribution in [-0.4, -0.2) is 21.3 Å². The zero-order chi connectivity index (χ0) is 16.2. The second kappa shape index (κ2) is 7.07. The van der Waals surface area contributed by atoms with E-state index in [0.717, 1.165) is 24.8 Å². The Morgan fingerprint density at radius 1 is 1.17 bits per heavy atom. The Bertz CT molecular complexity index is 652. The van der Waals surface area contributed by atoms with Crippen molar-refractivity contribution < 1.29 is 4.79 Å². The molecule has 0 bridgehead atoms. The molecule has 0 radical (unpaired) electrons. The molecule has 0 spiro atoms. The van der Waals surface area contributed by atoms with E-state index in [1.807, 2.05) is 4.68 Å². The number of benzene rings is 1. The van der Waals surface area contributed by atoms with E-state index in [4.69, 9.17) is 0 Å². The van der Waals surface area contributed by atoms with Crippen molar-refractivity contribution in [3.8, 4) is 0 Å². The molecule has 1 saturated carbocycles. The van der Waals surface area contributed by atoms with Crippen LogP contribution in [0.3, 0.4) is 0 Å². The van der Waals surface area contributed by atoms with Gasteiger partial charge in [0.05, 0.1) is 12.2 Å². The van der Waals surface area contributed by atoms with Crippen molar-refractivity contribution in [1.82, 2.24) is 15.0 Å². The fraction of sp³-hybridized carbons (Fsp3) is 0.526. The van der Waals surface area contributed by atoms with Gasteiger partial charge in [0.15, 0.2) is 6.29 Å². The van der Waals surface area contributed by atoms with Gasteiger partial charge in [0.25, 0.3) is 0 Å². The van der Waals surface area contributed by atoms with Gasteiger partial charge in [-0.3, -0.25) is 4.79 Å². The lowest BCUT2D eigenvalue weighted by Crippen LogP contribution is -2.14. The normalized spacial score (nSPS) is 16.0. The molecule has 1 aliphatic carbocycles. The monoisotopic (exact) mass is 311 g/mol. The maximum Gasteiger partial charge on any atom is 0.172 e. The summed E-state index contributed by atoms with van der Waals surface area (Å²) < 4.78 is 1.93. The summed E-state index contributed by atoms with van der Waals surface area (Å²) in [5.41, 5.74) is 4.10. The van der Waals surface area contributed by atoms with E-state index in [1.165, 1.54) is 30.4 Å². The van der Waals surface area contributed by atoms with Crippen LogP contribution in [0.25, 0.3) is 0 Å².